The molecule has 0 saturated carbocycles. The van der Waals surface area contributed by atoms with Gasteiger partial charge in [0.1, 0.15) is 0 Å². The predicted molar refractivity (Wildman–Crippen MR) is 129 cm³/mol. The number of thiazole rings is 1. The van der Waals surface area contributed by atoms with Crippen LogP contribution in [-0.4, -0.2) is 31.1 Å². The number of aromatic nitrogens is 3. The van der Waals surface area contributed by atoms with Crippen LogP contribution in [0.5, 0.6) is 5.88 Å². The highest BCUT2D eigenvalue weighted by Crippen LogP contribution is 2.44. The fourth-order valence-electron chi connectivity index (χ4n) is 4.40. The summed E-state index contributed by atoms with van der Waals surface area (Å²) in [5.74, 6) is 1.04. The highest BCUT2D eigenvalue weighted by molar-refractivity contribution is 7.17. The quantitative estimate of drug-likeness (QED) is 0.320. The summed E-state index contributed by atoms with van der Waals surface area (Å²) >= 11 is 14.3. The van der Waals surface area contributed by atoms with Gasteiger partial charge in [0.05, 0.1) is 17.2 Å². The normalized spacial score (nSPS) is 15.1. The molecule has 0 aliphatic carbocycles. The molecule has 6 nitrogen and oxygen atoms in total. The van der Waals surface area contributed by atoms with Crippen LogP contribution in [0.25, 0.3) is 16.5 Å². The van der Waals surface area contributed by atoms with E-state index in [0.29, 0.717) is 26.6 Å². The second-order valence-corrected chi connectivity index (χ2v) is 9.81. The van der Waals surface area contributed by atoms with Crippen molar-refractivity contribution in [3.63, 3.8) is 0 Å². The van der Waals surface area contributed by atoms with Gasteiger partial charge in [-0.25, -0.2) is 0 Å². The Balaban J connectivity index is 1.47. The second-order valence-electron chi connectivity index (χ2n) is 7.95. The average molecular weight is 497 g/mol. The van der Waals surface area contributed by atoms with Gasteiger partial charge in [-0.2, -0.15) is 9.50 Å². The van der Waals surface area contributed by atoms with Crippen LogP contribution < -0.4 is 0 Å². The second kappa shape index (κ2) is 8.18. The van der Waals surface area contributed by atoms with Crippen molar-refractivity contribution in [1.82, 2.24) is 19.5 Å². The maximum atomic E-state index is 11.2. The molecule has 1 aliphatic heterocycles. The van der Waals surface area contributed by atoms with Gasteiger partial charge in [0.25, 0.3) is 0 Å². The van der Waals surface area contributed by atoms with E-state index in [1.165, 1.54) is 27.0 Å². The molecule has 1 N–H and O–H groups in total. The van der Waals surface area contributed by atoms with Crippen molar-refractivity contribution in [2.24, 2.45) is 0 Å². The lowest BCUT2D eigenvalue weighted by Crippen LogP contribution is -2.34. The van der Waals surface area contributed by atoms with E-state index in [4.69, 9.17) is 27.6 Å². The van der Waals surface area contributed by atoms with Crippen LogP contribution in [0.4, 0.5) is 0 Å². The molecule has 5 aromatic rings. The fraction of sp³-hybridized carbons (Fsp3) is 0.167. The van der Waals surface area contributed by atoms with Crippen molar-refractivity contribution in [2.45, 2.75) is 19.0 Å². The van der Waals surface area contributed by atoms with Gasteiger partial charge < -0.3 is 9.52 Å². The molecule has 0 fully saturated rings. The summed E-state index contributed by atoms with van der Waals surface area (Å²) in [6.07, 6.45) is 2.49. The van der Waals surface area contributed by atoms with Crippen LogP contribution in [0, 0.1) is 0 Å². The lowest BCUT2D eigenvalue weighted by Gasteiger charge is -2.35. The predicted octanol–water partition coefficient (Wildman–Crippen LogP) is 6.21. The molecule has 0 amide bonds. The van der Waals surface area contributed by atoms with Gasteiger partial charge in [0, 0.05) is 23.1 Å². The molecular weight excluding hydrogens is 479 g/mol. The summed E-state index contributed by atoms with van der Waals surface area (Å²) in [6.45, 7) is 1.57. The molecule has 6 rings (SSSR count). The van der Waals surface area contributed by atoms with Gasteiger partial charge in [-0.3, -0.25) is 4.90 Å². The van der Waals surface area contributed by atoms with Crippen LogP contribution in [0.3, 0.4) is 0 Å². The zero-order valence-electron chi connectivity index (χ0n) is 17.3. The standard InChI is InChI=1S/C24H18Cl2N4O2S/c25-16-7-8-17(18(26)12-16)20(29-10-9-14-4-1-2-5-15(14)13-29)21-23(31)30-24(33-21)27-22(28-30)19-6-3-11-32-19/h1-8,11-12,20,31H,9-10,13H2. The summed E-state index contributed by atoms with van der Waals surface area (Å²) < 4.78 is 6.87. The Morgan fingerprint density at radius 1 is 1.06 bits per heavy atom. The number of halogens is 2. The SMILES string of the molecule is Oc1c(C(c2ccc(Cl)cc2Cl)N2CCc3ccccc3C2)sc2nc(-c3ccco3)nn12. The topological polar surface area (TPSA) is 66.8 Å². The third-order valence-corrected chi connectivity index (χ3v) is 7.61. The summed E-state index contributed by atoms with van der Waals surface area (Å²) in [4.78, 5) is 8.22. The van der Waals surface area contributed by atoms with Crippen molar-refractivity contribution in [3.8, 4) is 17.5 Å². The molecule has 3 aromatic heterocycles. The Kier molecular flexibility index (Phi) is 5.14. The van der Waals surface area contributed by atoms with E-state index in [0.717, 1.165) is 30.0 Å². The zero-order chi connectivity index (χ0) is 22.5. The van der Waals surface area contributed by atoms with Crippen molar-refractivity contribution in [3.05, 3.63) is 92.5 Å². The Morgan fingerprint density at radius 2 is 1.91 bits per heavy atom. The first-order chi connectivity index (χ1) is 16.1. The molecule has 1 aliphatic rings. The van der Waals surface area contributed by atoms with E-state index in [9.17, 15) is 5.11 Å². The molecule has 166 valence electrons. The molecule has 2 aromatic carbocycles. The first-order valence-corrected chi connectivity index (χ1v) is 12.0. The van der Waals surface area contributed by atoms with Crippen molar-refractivity contribution >= 4 is 39.5 Å². The molecule has 0 radical (unpaired) electrons. The minimum atomic E-state index is -0.274. The van der Waals surface area contributed by atoms with E-state index in [1.54, 1.807) is 24.5 Å². The Bertz CT molecular complexity index is 1460. The summed E-state index contributed by atoms with van der Waals surface area (Å²) in [5, 5.41) is 16.8. The van der Waals surface area contributed by atoms with Crippen LogP contribution in [0.1, 0.15) is 27.6 Å². The molecule has 4 heterocycles. The highest BCUT2D eigenvalue weighted by atomic mass is 35.5. The molecular formula is C24H18Cl2N4O2S. The number of nitrogens with zero attached hydrogens (tertiary/aromatic N) is 4. The lowest BCUT2D eigenvalue weighted by atomic mass is 9.95. The number of fused-ring (bicyclic) bond motifs is 2. The van der Waals surface area contributed by atoms with Gasteiger partial charge in [-0.05, 0) is 47.4 Å². The fourth-order valence-corrected chi connectivity index (χ4v) is 6.02. The largest absolute Gasteiger partial charge is 0.492 e. The highest BCUT2D eigenvalue weighted by Gasteiger charge is 2.33. The number of aromatic hydroxyl groups is 1. The third-order valence-electron chi connectivity index (χ3n) is 5.97. The van der Waals surface area contributed by atoms with Crippen LogP contribution in [0.2, 0.25) is 10.0 Å². The summed E-state index contributed by atoms with van der Waals surface area (Å²) in [5.41, 5.74) is 3.51. The van der Waals surface area contributed by atoms with Gasteiger partial charge in [-0.15, -0.1) is 5.10 Å². The minimum Gasteiger partial charge on any atom is -0.492 e. The minimum absolute atomic E-state index is 0.0511. The van der Waals surface area contributed by atoms with Crippen LogP contribution >= 0.6 is 34.5 Å². The summed E-state index contributed by atoms with van der Waals surface area (Å²) in [7, 11) is 0. The van der Waals surface area contributed by atoms with Crippen molar-refractivity contribution < 1.29 is 9.52 Å². The molecule has 0 saturated heterocycles. The summed E-state index contributed by atoms with van der Waals surface area (Å²) in [6, 6.07) is 17.3. The average Bonchev–Trinajstić information content (AvgIpc) is 3.54. The third kappa shape index (κ3) is 3.61. The van der Waals surface area contributed by atoms with Gasteiger partial charge in [-0.1, -0.05) is 64.9 Å². The van der Waals surface area contributed by atoms with E-state index in [-0.39, 0.29) is 11.9 Å². The van der Waals surface area contributed by atoms with Crippen LogP contribution in [0.15, 0.2) is 65.3 Å². The molecule has 0 bridgehead atoms. The van der Waals surface area contributed by atoms with E-state index in [2.05, 4.69) is 39.2 Å². The number of benzene rings is 2. The Morgan fingerprint density at radius 3 is 2.67 bits per heavy atom. The lowest BCUT2D eigenvalue weighted by molar-refractivity contribution is 0.205. The number of hydrogen-bond acceptors (Lipinski definition) is 6. The smallest absolute Gasteiger partial charge is 0.230 e. The monoisotopic (exact) mass is 496 g/mol. The van der Waals surface area contributed by atoms with Gasteiger partial charge in [0.15, 0.2) is 5.76 Å². The van der Waals surface area contributed by atoms with Gasteiger partial charge in [0.2, 0.25) is 16.7 Å². The molecule has 0 spiro atoms. The van der Waals surface area contributed by atoms with Gasteiger partial charge >= 0.3 is 0 Å². The molecule has 9 heteroatoms. The zero-order valence-corrected chi connectivity index (χ0v) is 19.6. The van der Waals surface area contributed by atoms with E-state index >= 15 is 0 Å². The van der Waals surface area contributed by atoms with E-state index < -0.39 is 0 Å². The van der Waals surface area contributed by atoms with E-state index in [1.807, 2.05) is 12.1 Å². The first-order valence-electron chi connectivity index (χ1n) is 10.5. The number of hydrogen-bond donors (Lipinski definition) is 1. The Hall–Kier alpha value is -2.84. The van der Waals surface area contributed by atoms with Crippen molar-refractivity contribution in [1.29, 1.82) is 0 Å². The maximum absolute atomic E-state index is 11.2. The number of rotatable bonds is 4. The van der Waals surface area contributed by atoms with Crippen molar-refractivity contribution in [2.75, 3.05) is 6.54 Å². The maximum Gasteiger partial charge on any atom is 0.230 e. The molecule has 1 atom stereocenters. The van der Waals surface area contributed by atoms with Crippen LogP contribution in [-0.2, 0) is 13.0 Å². The first kappa shape index (κ1) is 20.7. The Labute approximate surface area is 203 Å². The molecule has 1 unspecified atom stereocenters. The molecule has 33 heavy (non-hydrogen) atoms. The number of furan rings is 1.